The summed E-state index contributed by atoms with van der Waals surface area (Å²) >= 11 is 0. The van der Waals surface area contributed by atoms with Gasteiger partial charge in [0.15, 0.2) is 0 Å². The van der Waals surface area contributed by atoms with Crippen molar-refractivity contribution in [2.24, 2.45) is 0 Å². The van der Waals surface area contributed by atoms with E-state index in [9.17, 15) is 4.79 Å². The maximum absolute atomic E-state index is 12.4. The van der Waals surface area contributed by atoms with Crippen LogP contribution < -0.4 is 10.2 Å². The second-order valence-electron chi connectivity index (χ2n) is 7.18. The van der Waals surface area contributed by atoms with Crippen molar-refractivity contribution in [3.8, 4) is 0 Å². The van der Waals surface area contributed by atoms with E-state index in [-0.39, 0.29) is 11.3 Å². The summed E-state index contributed by atoms with van der Waals surface area (Å²) in [6.07, 6.45) is 1.54. The van der Waals surface area contributed by atoms with Crippen LogP contribution in [0.1, 0.15) is 29.3 Å². The minimum atomic E-state index is -0.0628. The molecular formula is C20H23N3O. The second-order valence-corrected chi connectivity index (χ2v) is 7.18. The minimum absolute atomic E-state index is 0.0628. The molecule has 1 saturated heterocycles. The van der Waals surface area contributed by atoms with E-state index in [0.29, 0.717) is 11.7 Å². The van der Waals surface area contributed by atoms with Gasteiger partial charge in [-0.05, 0) is 49.4 Å². The number of hydrogen-bond donors (Lipinski definition) is 1. The molecule has 1 N–H and O–H groups in total. The van der Waals surface area contributed by atoms with E-state index in [0.717, 1.165) is 18.7 Å². The first kappa shape index (κ1) is 15.2. The number of rotatable bonds is 2. The largest absolute Gasteiger partial charge is 0.358 e. The van der Waals surface area contributed by atoms with Gasteiger partial charge in [0.05, 0.1) is 6.17 Å². The molecule has 0 aromatic heterocycles. The van der Waals surface area contributed by atoms with Gasteiger partial charge < -0.3 is 10.2 Å². The molecule has 0 radical (unpaired) electrons. The predicted octanol–water partition coefficient (Wildman–Crippen LogP) is 3.31. The summed E-state index contributed by atoms with van der Waals surface area (Å²) < 4.78 is 0. The van der Waals surface area contributed by atoms with E-state index in [2.05, 4.69) is 48.3 Å². The van der Waals surface area contributed by atoms with Gasteiger partial charge in [-0.25, -0.2) is 0 Å². The van der Waals surface area contributed by atoms with Crippen LogP contribution in [0.15, 0.2) is 48.5 Å². The number of carbonyl (C=O) groups excluding carboxylic acids is 1. The molecule has 1 amide bonds. The average molecular weight is 321 g/mol. The van der Waals surface area contributed by atoms with Crippen LogP contribution in [0.3, 0.4) is 0 Å². The van der Waals surface area contributed by atoms with Crippen molar-refractivity contribution in [3.63, 3.8) is 0 Å². The van der Waals surface area contributed by atoms with Crippen LogP contribution in [0.4, 0.5) is 11.4 Å². The van der Waals surface area contributed by atoms with Crippen molar-refractivity contribution in [3.05, 3.63) is 59.7 Å². The van der Waals surface area contributed by atoms with Crippen LogP contribution in [0, 0.1) is 0 Å². The van der Waals surface area contributed by atoms with Crippen LogP contribution in [-0.4, -0.2) is 37.6 Å². The molecule has 2 unspecified atom stereocenters. The first-order chi connectivity index (χ1) is 11.5. The number of likely N-dealkylation sites (tertiary alicyclic amines) is 1. The molecule has 124 valence electrons. The Bertz CT molecular complexity index is 789. The Morgan fingerprint density at radius 1 is 1.17 bits per heavy atom. The molecule has 4 heteroatoms. The van der Waals surface area contributed by atoms with Crippen LogP contribution in [0.2, 0.25) is 0 Å². The summed E-state index contributed by atoms with van der Waals surface area (Å²) in [5.41, 5.74) is 4.27. The van der Waals surface area contributed by atoms with Gasteiger partial charge >= 0.3 is 0 Å². The molecule has 2 heterocycles. The highest BCUT2D eigenvalue weighted by molar-refractivity contribution is 6.04. The van der Waals surface area contributed by atoms with Gasteiger partial charge in [-0.3, -0.25) is 9.69 Å². The molecule has 0 spiro atoms. The lowest BCUT2D eigenvalue weighted by Gasteiger charge is -2.32. The number of hydrogen-bond acceptors (Lipinski definition) is 3. The van der Waals surface area contributed by atoms with Gasteiger partial charge in [0.25, 0.3) is 5.91 Å². The Morgan fingerprint density at radius 2 is 1.92 bits per heavy atom. The molecule has 1 fully saturated rings. The molecule has 2 aliphatic rings. The molecule has 4 nitrogen and oxygen atoms in total. The van der Waals surface area contributed by atoms with Crippen LogP contribution in [0.5, 0.6) is 0 Å². The van der Waals surface area contributed by atoms with Gasteiger partial charge in [-0.2, -0.15) is 0 Å². The highest BCUT2D eigenvalue weighted by Crippen LogP contribution is 2.51. The third-order valence-electron chi connectivity index (χ3n) is 5.62. The summed E-state index contributed by atoms with van der Waals surface area (Å²) in [4.78, 5) is 17.2. The Labute approximate surface area is 143 Å². The van der Waals surface area contributed by atoms with Crippen molar-refractivity contribution in [1.82, 2.24) is 4.90 Å². The third-order valence-corrected chi connectivity index (χ3v) is 5.62. The fraction of sp³-hybridized carbons (Fsp3) is 0.350. The molecule has 24 heavy (non-hydrogen) atoms. The Balaban J connectivity index is 1.66. The first-order valence-corrected chi connectivity index (χ1v) is 8.45. The lowest BCUT2D eigenvalue weighted by Crippen LogP contribution is -2.45. The molecule has 4 rings (SSSR count). The van der Waals surface area contributed by atoms with Gasteiger partial charge in [0.1, 0.15) is 0 Å². The van der Waals surface area contributed by atoms with Crippen molar-refractivity contribution in [2.75, 3.05) is 30.9 Å². The molecule has 0 saturated carbocycles. The minimum Gasteiger partial charge on any atom is -0.358 e. The van der Waals surface area contributed by atoms with Crippen LogP contribution in [0.25, 0.3) is 0 Å². The fourth-order valence-electron chi connectivity index (χ4n) is 4.45. The quantitative estimate of drug-likeness (QED) is 0.922. The Kier molecular flexibility index (Phi) is 3.39. The summed E-state index contributed by atoms with van der Waals surface area (Å²) in [5.74, 6) is -0.0628. The zero-order chi connectivity index (χ0) is 16.9. The molecule has 2 aromatic rings. The molecule has 2 atom stereocenters. The number of benzene rings is 2. The molecular weight excluding hydrogens is 298 g/mol. The van der Waals surface area contributed by atoms with E-state index in [4.69, 9.17) is 0 Å². The van der Waals surface area contributed by atoms with E-state index >= 15 is 0 Å². The number of nitrogens with one attached hydrogen (secondary N) is 1. The number of nitrogens with zero attached hydrogens (tertiary/aromatic N) is 2. The number of amides is 1. The zero-order valence-electron chi connectivity index (χ0n) is 14.4. The maximum Gasteiger partial charge on any atom is 0.255 e. The average Bonchev–Trinajstić information content (AvgIpc) is 3.01. The highest BCUT2D eigenvalue weighted by atomic mass is 16.1. The fourth-order valence-corrected chi connectivity index (χ4v) is 4.45. The van der Waals surface area contributed by atoms with E-state index < -0.39 is 0 Å². The number of likely N-dealkylation sites (N-methyl/N-ethyl adjacent to an activating group) is 2. The lowest BCUT2D eigenvalue weighted by atomic mass is 9.81. The lowest BCUT2D eigenvalue weighted by molar-refractivity contribution is 0.102. The van der Waals surface area contributed by atoms with E-state index in [1.807, 2.05) is 36.4 Å². The van der Waals surface area contributed by atoms with E-state index in [1.165, 1.54) is 11.3 Å². The smallest absolute Gasteiger partial charge is 0.255 e. The van der Waals surface area contributed by atoms with Crippen LogP contribution >= 0.6 is 0 Å². The maximum atomic E-state index is 12.4. The highest BCUT2D eigenvalue weighted by Gasteiger charge is 2.52. The Morgan fingerprint density at radius 3 is 2.67 bits per heavy atom. The monoisotopic (exact) mass is 321 g/mol. The van der Waals surface area contributed by atoms with Gasteiger partial charge in [0, 0.05) is 35.9 Å². The topological polar surface area (TPSA) is 35.6 Å². The van der Waals surface area contributed by atoms with Crippen molar-refractivity contribution in [1.29, 1.82) is 0 Å². The molecule has 0 bridgehead atoms. The summed E-state index contributed by atoms with van der Waals surface area (Å²) in [6.45, 7) is 3.44. The van der Waals surface area contributed by atoms with Crippen molar-refractivity contribution >= 4 is 17.3 Å². The number of carbonyl (C=O) groups is 1. The standard InChI is InChI=1S/C20H23N3O/c1-20-11-12-22(2)19(20)23(3)17-10-9-15(13-16(17)20)21-18(24)14-7-5-4-6-8-14/h4-10,13,19H,11-12H2,1-3H3,(H,21,24). The van der Waals surface area contributed by atoms with E-state index in [1.54, 1.807) is 0 Å². The number of fused-ring (bicyclic) bond motifs is 3. The van der Waals surface area contributed by atoms with Crippen molar-refractivity contribution < 1.29 is 4.79 Å². The molecule has 2 aromatic carbocycles. The zero-order valence-corrected chi connectivity index (χ0v) is 14.4. The normalized spacial score (nSPS) is 25.5. The first-order valence-electron chi connectivity index (χ1n) is 8.45. The summed E-state index contributed by atoms with van der Waals surface area (Å²) in [7, 11) is 4.36. The van der Waals surface area contributed by atoms with Crippen LogP contribution in [-0.2, 0) is 5.41 Å². The third kappa shape index (κ3) is 2.13. The van der Waals surface area contributed by atoms with Gasteiger partial charge in [0.2, 0.25) is 0 Å². The van der Waals surface area contributed by atoms with Gasteiger partial charge in [-0.1, -0.05) is 25.1 Å². The second kappa shape index (κ2) is 5.35. The predicted molar refractivity (Wildman–Crippen MR) is 97.6 cm³/mol. The Hall–Kier alpha value is -2.33. The summed E-state index contributed by atoms with van der Waals surface area (Å²) in [5, 5.41) is 3.04. The molecule has 2 aliphatic heterocycles. The summed E-state index contributed by atoms with van der Waals surface area (Å²) in [6, 6.07) is 15.6. The SMILES string of the molecule is CN1CCC2(C)c3cc(NC(=O)c4ccccc4)ccc3N(C)C12. The molecule has 0 aliphatic carbocycles. The van der Waals surface area contributed by atoms with Crippen molar-refractivity contribution in [2.45, 2.75) is 24.9 Å². The van der Waals surface area contributed by atoms with Gasteiger partial charge in [-0.15, -0.1) is 0 Å². The number of anilines is 2.